The van der Waals surface area contributed by atoms with Gasteiger partial charge in [0.25, 0.3) is 0 Å². The molecule has 1 aliphatic rings. The monoisotopic (exact) mass is 362 g/mol. The van der Waals surface area contributed by atoms with E-state index in [2.05, 4.69) is 13.8 Å². The summed E-state index contributed by atoms with van der Waals surface area (Å²) in [5.74, 6) is 0.809. The van der Waals surface area contributed by atoms with Crippen molar-refractivity contribution in [3.63, 3.8) is 0 Å². The number of ether oxygens (including phenoxy) is 2. The number of rotatable bonds is 13. The SMILES string of the molecule is CC(C)CCCCCCCCCCO[C@@H]1O[C@H](CO)[C@@H](O)[C@H](O)[C@H]1O. The molecule has 0 bridgehead atoms. The Hall–Kier alpha value is -0.240. The standard InChI is InChI=1S/C19H38O6/c1-14(2)11-9-7-5-3-4-6-8-10-12-24-19-18(23)17(22)16(21)15(13-20)25-19/h14-23H,3-13H2,1-2H3/t15-,16-,17+,18-,19-/m1/s1. The molecule has 1 rings (SSSR count). The van der Waals surface area contributed by atoms with E-state index in [0.29, 0.717) is 6.61 Å². The molecule has 4 N–H and O–H groups in total. The first-order valence-corrected chi connectivity index (χ1v) is 9.89. The molecule has 150 valence electrons. The maximum absolute atomic E-state index is 9.86. The van der Waals surface area contributed by atoms with Gasteiger partial charge in [0, 0.05) is 6.61 Å². The second-order valence-electron chi connectivity index (χ2n) is 7.58. The van der Waals surface area contributed by atoms with Crippen LogP contribution in [0.25, 0.3) is 0 Å². The highest BCUT2D eigenvalue weighted by Gasteiger charge is 2.43. The number of hydrogen-bond donors (Lipinski definition) is 4. The van der Waals surface area contributed by atoms with E-state index in [1.807, 2.05) is 0 Å². The van der Waals surface area contributed by atoms with Gasteiger partial charge in [-0.2, -0.15) is 0 Å². The molecule has 1 saturated heterocycles. The largest absolute Gasteiger partial charge is 0.394 e. The summed E-state index contributed by atoms with van der Waals surface area (Å²) in [6, 6.07) is 0. The Morgan fingerprint density at radius 1 is 0.800 bits per heavy atom. The molecule has 0 aromatic carbocycles. The summed E-state index contributed by atoms with van der Waals surface area (Å²) >= 11 is 0. The van der Waals surface area contributed by atoms with Gasteiger partial charge in [-0.1, -0.05) is 65.2 Å². The summed E-state index contributed by atoms with van der Waals surface area (Å²) in [5.41, 5.74) is 0. The van der Waals surface area contributed by atoms with Crippen molar-refractivity contribution in [3.8, 4) is 0 Å². The Balaban J connectivity index is 2.00. The van der Waals surface area contributed by atoms with Crippen molar-refractivity contribution in [1.29, 1.82) is 0 Å². The molecule has 6 heteroatoms. The van der Waals surface area contributed by atoms with Gasteiger partial charge in [-0.15, -0.1) is 0 Å². The molecule has 1 aliphatic heterocycles. The fourth-order valence-electron chi connectivity index (χ4n) is 3.12. The number of hydrogen-bond acceptors (Lipinski definition) is 6. The lowest BCUT2D eigenvalue weighted by Gasteiger charge is -2.39. The van der Waals surface area contributed by atoms with Gasteiger partial charge in [0.15, 0.2) is 6.29 Å². The molecule has 5 atom stereocenters. The third-order valence-electron chi connectivity index (χ3n) is 4.81. The molecule has 0 amide bonds. The van der Waals surface area contributed by atoms with Gasteiger partial charge in [-0.3, -0.25) is 0 Å². The summed E-state index contributed by atoms with van der Waals surface area (Å²) in [6.07, 6.45) is 5.01. The summed E-state index contributed by atoms with van der Waals surface area (Å²) in [6.45, 7) is 4.54. The van der Waals surface area contributed by atoms with Gasteiger partial charge in [-0.25, -0.2) is 0 Å². The van der Waals surface area contributed by atoms with E-state index < -0.39 is 37.3 Å². The number of aliphatic hydroxyl groups excluding tert-OH is 4. The van der Waals surface area contributed by atoms with Crippen molar-refractivity contribution < 1.29 is 29.9 Å². The van der Waals surface area contributed by atoms with Crippen LogP contribution in [0.3, 0.4) is 0 Å². The van der Waals surface area contributed by atoms with Gasteiger partial charge in [0.1, 0.15) is 24.4 Å². The molecular formula is C19H38O6. The zero-order chi connectivity index (χ0) is 18.7. The van der Waals surface area contributed by atoms with E-state index in [1.54, 1.807) is 0 Å². The predicted octanol–water partition coefficient (Wildman–Crippen LogP) is 1.97. The normalized spacial score (nSPS) is 30.1. The van der Waals surface area contributed by atoms with Crippen LogP contribution in [0.4, 0.5) is 0 Å². The molecular weight excluding hydrogens is 324 g/mol. The zero-order valence-electron chi connectivity index (χ0n) is 15.8. The van der Waals surface area contributed by atoms with E-state index in [-0.39, 0.29) is 0 Å². The third kappa shape index (κ3) is 8.80. The molecule has 25 heavy (non-hydrogen) atoms. The van der Waals surface area contributed by atoms with Gasteiger partial charge in [0.2, 0.25) is 0 Å². The second kappa shape index (κ2) is 13.0. The average Bonchev–Trinajstić information content (AvgIpc) is 2.59. The van der Waals surface area contributed by atoms with E-state index >= 15 is 0 Å². The van der Waals surface area contributed by atoms with Crippen molar-refractivity contribution in [3.05, 3.63) is 0 Å². The Labute approximate surface area is 152 Å². The van der Waals surface area contributed by atoms with Crippen LogP contribution in [0.2, 0.25) is 0 Å². The van der Waals surface area contributed by atoms with Crippen molar-refractivity contribution in [2.45, 2.75) is 102 Å². The van der Waals surface area contributed by atoms with Crippen molar-refractivity contribution >= 4 is 0 Å². The Bertz CT molecular complexity index is 323. The molecule has 1 heterocycles. The lowest BCUT2D eigenvalue weighted by molar-refractivity contribution is -0.301. The number of aliphatic hydroxyl groups is 4. The predicted molar refractivity (Wildman–Crippen MR) is 96.1 cm³/mol. The lowest BCUT2D eigenvalue weighted by atomic mass is 9.99. The fraction of sp³-hybridized carbons (Fsp3) is 1.00. The Kier molecular flexibility index (Phi) is 11.9. The van der Waals surface area contributed by atoms with Crippen LogP contribution in [0.5, 0.6) is 0 Å². The van der Waals surface area contributed by atoms with E-state index in [4.69, 9.17) is 14.6 Å². The van der Waals surface area contributed by atoms with Crippen LogP contribution in [0.1, 0.15) is 71.6 Å². The Morgan fingerprint density at radius 2 is 1.36 bits per heavy atom. The van der Waals surface area contributed by atoms with Crippen molar-refractivity contribution in [2.75, 3.05) is 13.2 Å². The van der Waals surface area contributed by atoms with Crippen LogP contribution in [-0.4, -0.2) is 64.3 Å². The molecule has 6 nitrogen and oxygen atoms in total. The maximum atomic E-state index is 9.86. The first kappa shape index (κ1) is 22.8. The molecule has 0 radical (unpaired) electrons. The maximum Gasteiger partial charge on any atom is 0.186 e. The van der Waals surface area contributed by atoms with Crippen molar-refractivity contribution in [2.24, 2.45) is 5.92 Å². The minimum absolute atomic E-state index is 0.428. The number of unbranched alkanes of at least 4 members (excludes halogenated alkanes) is 7. The van der Waals surface area contributed by atoms with E-state index in [9.17, 15) is 15.3 Å². The highest BCUT2D eigenvalue weighted by Crippen LogP contribution is 2.22. The average molecular weight is 363 g/mol. The highest BCUT2D eigenvalue weighted by atomic mass is 16.7. The van der Waals surface area contributed by atoms with Gasteiger partial charge < -0.3 is 29.9 Å². The van der Waals surface area contributed by atoms with Crippen LogP contribution in [0.15, 0.2) is 0 Å². The Morgan fingerprint density at radius 3 is 1.92 bits per heavy atom. The summed E-state index contributed by atoms with van der Waals surface area (Å²) in [4.78, 5) is 0. The van der Waals surface area contributed by atoms with Crippen LogP contribution in [0, 0.1) is 5.92 Å². The first-order valence-electron chi connectivity index (χ1n) is 9.89. The second-order valence-corrected chi connectivity index (χ2v) is 7.58. The molecule has 1 fully saturated rings. The quantitative estimate of drug-likeness (QED) is 0.374. The smallest absolute Gasteiger partial charge is 0.186 e. The summed E-state index contributed by atoms with van der Waals surface area (Å²) in [5, 5.41) is 38.4. The van der Waals surface area contributed by atoms with Crippen molar-refractivity contribution in [1.82, 2.24) is 0 Å². The third-order valence-corrected chi connectivity index (χ3v) is 4.81. The fourth-order valence-corrected chi connectivity index (χ4v) is 3.12. The first-order chi connectivity index (χ1) is 12.0. The molecule has 0 aromatic rings. The van der Waals surface area contributed by atoms with E-state index in [1.165, 1.54) is 44.9 Å². The molecule has 0 aliphatic carbocycles. The van der Waals surface area contributed by atoms with Gasteiger partial charge in [0.05, 0.1) is 6.61 Å². The molecule has 0 spiro atoms. The topological polar surface area (TPSA) is 99.4 Å². The zero-order valence-corrected chi connectivity index (χ0v) is 15.8. The minimum atomic E-state index is -1.37. The molecule has 0 aromatic heterocycles. The minimum Gasteiger partial charge on any atom is -0.394 e. The van der Waals surface area contributed by atoms with Crippen LogP contribution < -0.4 is 0 Å². The summed E-state index contributed by atoms with van der Waals surface area (Å²) < 4.78 is 10.8. The van der Waals surface area contributed by atoms with E-state index in [0.717, 1.165) is 18.8 Å². The molecule has 0 saturated carbocycles. The van der Waals surface area contributed by atoms with Gasteiger partial charge >= 0.3 is 0 Å². The lowest BCUT2D eigenvalue weighted by Crippen LogP contribution is -2.59. The molecule has 0 unspecified atom stereocenters. The summed E-state index contributed by atoms with van der Waals surface area (Å²) in [7, 11) is 0. The van der Waals surface area contributed by atoms with Crippen LogP contribution >= 0.6 is 0 Å². The highest BCUT2D eigenvalue weighted by molar-refractivity contribution is 4.88. The van der Waals surface area contributed by atoms with Gasteiger partial charge in [-0.05, 0) is 12.3 Å². The van der Waals surface area contributed by atoms with Crippen LogP contribution in [-0.2, 0) is 9.47 Å².